The number of nitrogens with zero attached hydrogens (tertiary/aromatic N) is 2. The van der Waals surface area contributed by atoms with E-state index in [1.165, 1.54) is 12.8 Å². The van der Waals surface area contributed by atoms with Crippen molar-refractivity contribution in [2.75, 3.05) is 13.1 Å². The molecule has 3 unspecified atom stereocenters. The van der Waals surface area contributed by atoms with Gasteiger partial charge in [-0.2, -0.15) is 0 Å². The number of rotatable bonds is 2. The van der Waals surface area contributed by atoms with Crippen LogP contribution in [0.3, 0.4) is 0 Å². The molecule has 0 aromatic heterocycles. The largest absolute Gasteiger partial charge is 0.393 e. The zero-order valence-electron chi connectivity index (χ0n) is 12.6. The van der Waals surface area contributed by atoms with Crippen LogP contribution in [0.25, 0.3) is 0 Å². The number of carbonyl (C=O) groups is 1. The molecular formula is C16H28N2O2. The second kappa shape index (κ2) is 6.02. The molecule has 0 radical (unpaired) electrons. The summed E-state index contributed by atoms with van der Waals surface area (Å²) in [6, 6.07) is 0.849. The van der Waals surface area contributed by atoms with Gasteiger partial charge >= 0.3 is 0 Å². The van der Waals surface area contributed by atoms with Crippen LogP contribution in [0.15, 0.2) is 0 Å². The second-order valence-corrected chi connectivity index (χ2v) is 6.87. The van der Waals surface area contributed by atoms with Gasteiger partial charge in [0, 0.05) is 25.2 Å². The molecule has 3 atom stereocenters. The highest BCUT2D eigenvalue weighted by Crippen LogP contribution is 2.37. The molecule has 3 saturated heterocycles. The molecule has 3 aliphatic heterocycles. The number of fused-ring (bicyclic) bond motifs is 2. The van der Waals surface area contributed by atoms with E-state index in [9.17, 15) is 9.90 Å². The van der Waals surface area contributed by atoms with Crippen LogP contribution in [-0.2, 0) is 4.79 Å². The Balaban J connectivity index is 1.66. The fraction of sp³-hybridized carbons (Fsp3) is 0.938. The van der Waals surface area contributed by atoms with Gasteiger partial charge < -0.3 is 10.0 Å². The molecule has 0 aromatic carbocycles. The van der Waals surface area contributed by atoms with Gasteiger partial charge in [0.25, 0.3) is 0 Å². The maximum atomic E-state index is 12.8. The highest BCUT2D eigenvalue weighted by atomic mass is 16.3. The molecule has 0 aromatic rings. The molecule has 3 fully saturated rings. The van der Waals surface area contributed by atoms with Crippen molar-refractivity contribution >= 4 is 5.91 Å². The van der Waals surface area contributed by atoms with Gasteiger partial charge in [0.1, 0.15) is 0 Å². The van der Waals surface area contributed by atoms with Gasteiger partial charge in [-0.15, -0.1) is 0 Å². The van der Waals surface area contributed by atoms with E-state index in [2.05, 4.69) is 16.7 Å². The van der Waals surface area contributed by atoms with Gasteiger partial charge in [0.2, 0.25) is 5.91 Å². The van der Waals surface area contributed by atoms with E-state index in [0.717, 1.165) is 51.6 Å². The van der Waals surface area contributed by atoms with Crippen LogP contribution in [0.5, 0.6) is 0 Å². The molecule has 20 heavy (non-hydrogen) atoms. The third kappa shape index (κ3) is 2.73. The molecule has 3 aliphatic rings. The topological polar surface area (TPSA) is 43.8 Å². The van der Waals surface area contributed by atoms with Gasteiger partial charge in [-0.3, -0.25) is 9.69 Å². The molecule has 0 saturated carbocycles. The van der Waals surface area contributed by atoms with Crippen LogP contribution in [0, 0.1) is 0 Å². The first-order valence-corrected chi connectivity index (χ1v) is 8.41. The van der Waals surface area contributed by atoms with E-state index in [-0.39, 0.29) is 12.1 Å². The molecule has 0 spiro atoms. The van der Waals surface area contributed by atoms with Crippen LogP contribution in [-0.4, -0.2) is 58.1 Å². The Bertz CT molecular complexity index is 338. The van der Waals surface area contributed by atoms with Gasteiger partial charge in [-0.25, -0.2) is 0 Å². The summed E-state index contributed by atoms with van der Waals surface area (Å²) in [4.78, 5) is 17.3. The minimum Gasteiger partial charge on any atom is -0.393 e. The van der Waals surface area contributed by atoms with Crippen LogP contribution < -0.4 is 0 Å². The maximum Gasteiger partial charge on any atom is 0.239 e. The molecule has 1 amide bonds. The first-order chi connectivity index (χ1) is 9.66. The first kappa shape index (κ1) is 14.3. The Morgan fingerprint density at radius 3 is 2.15 bits per heavy atom. The molecule has 1 N–H and O–H groups in total. The number of aliphatic hydroxyl groups excluding tert-OH is 1. The van der Waals surface area contributed by atoms with Crippen molar-refractivity contribution < 1.29 is 9.90 Å². The Morgan fingerprint density at radius 1 is 1.05 bits per heavy atom. The summed E-state index contributed by atoms with van der Waals surface area (Å²) in [5.41, 5.74) is 0. The quantitative estimate of drug-likeness (QED) is 0.838. The summed E-state index contributed by atoms with van der Waals surface area (Å²) < 4.78 is 0. The average Bonchev–Trinajstić information content (AvgIpc) is 2.65. The van der Waals surface area contributed by atoms with Gasteiger partial charge in [-0.1, -0.05) is 12.8 Å². The lowest BCUT2D eigenvalue weighted by Crippen LogP contribution is -2.55. The number of aliphatic hydroxyl groups is 1. The molecule has 114 valence electrons. The molecule has 3 rings (SSSR count). The molecule has 4 heteroatoms. The van der Waals surface area contributed by atoms with E-state index in [1.807, 2.05) is 0 Å². The fourth-order valence-electron chi connectivity index (χ4n) is 4.50. The highest BCUT2D eigenvalue weighted by molar-refractivity contribution is 5.81. The number of carbonyl (C=O) groups excluding carboxylic acids is 1. The number of hydrogen-bond donors (Lipinski definition) is 1. The minimum absolute atomic E-state index is 0.00176. The van der Waals surface area contributed by atoms with Crippen molar-refractivity contribution in [2.24, 2.45) is 0 Å². The lowest BCUT2D eigenvalue weighted by atomic mass is 9.97. The number of amides is 1. The van der Waals surface area contributed by atoms with Crippen molar-refractivity contribution in [1.82, 2.24) is 9.80 Å². The Hall–Kier alpha value is -0.610. The van der Waals surface area contributed by atoms with Crippen LogP contribution in [0.1, 0.15) is 58.3 Å². The number of likely N-dealkylation sites (tertiary alicyclic amines) is 1. The van der Waals surface area contributed by atoms with E-state index >= 15 is 0 Å². The second-order valence-electron chi connectivity index (χ2n) is 6.87. The predicted octanol–water partition coefficient (Wildman–Crippen LogP) is 1.77. The van der Waals surface area contributed by atoms with E-state index in [0.29, 0.717) is 18.0 Å². The van der Waals surface area contributed by atoms with Crippen molar-refractivity contribution in [3.05, 3.63) is 0 Å². The van der Waals surface area contributed by atoms with Crippen LogP contribution in [0.4, 0.5) is 0 Å². The van der Waals surface area contributed by atoms with Crippen molar-refractivity contribution in [1.29, 1.82) is 0 Å². The van der Waals surface area contributed by atoms with Crippen LogP contribution >= 0.6 is 0 Å². The molecule has 0 aliphatic carbocycles. The fourth-order valence-corrected chi connectivity index (χ4v) is 4.50. The Labute approximate surface area is 122 Å². The number of hydrogen-bond acceptors (Lipinski definition) is 3. The lowest BCUT2D eigenvalue weighted by molar-refractivity contribution is -0.139. The van der Waals surface area contributed by atoms with Gasteiger partial charge in [-0.05, 0) is 45.4 Å². The first-order valence-electron chi connectivity index (χ1n) is 8.41. The van der Waals surface area contributed by atoms with Crippen molar-refractivity contribution in [3.8, 4) is 0 Å². The number of piperidine rings is 1. The summed E-state index contributed by atoms with van der Waals surface area (Å²) in [6.45, 7) is 3.96. The monoisotopic (exact) mass is 280 g/mol. The van der Waals surface area contributed by atoms with E-state index in [1.54, 1.807) is 0 Å². The molecule has 2 bridgehead atoms. The zero-order chi connectivity index (χ0) is 14.1. The molecule has 4 nitrogen and oxygen atoms in total. The molecular weight excluding hydrogens is 252 g/mol. The maximum absolute atomic E-state index is 12.8. The lowest BCUT2D eigenvalue weighted by Gasteiger charge is -2.41. The van der Waals surface area contributed by atoms with E-state index in [4.69, 9.17) is 0 Å². The summed E-state index contributed by atoms with van der Waals surface area (Å²) in [5.74, 6) is 0.320. The smallest absolute Gasteiger partial charge is 0.239 e. The summed E-state index contributed by atoms with van der Waals surface area (Å²) in [7, 11) is 0. The summed E-state index contributed by atoms with van der Waals surface area (Å²) in [5, 5.41) is 9.89. The normalized spacial score (nSPS) is 36.7. The summed E-state index contributed by atoms with van der Waals surface area (Å²) in [6.07, 6.45) is 8.71. The highest BCUT2D eigenvalue weighted by Gasteiger charge is 2.44. The zero-order valence-corrected chi connectivity index (χ0v) is 12.6. The average molecular weight is 280 g/mol. The standard InChI is InChI=1S/C16H28N2O2/c1-12(16(20)17-8-4-2-3-5-9-17)18-13-6-7-14(18)11-15(19)10-13/h12-15,19H,2-11H2,1H3. The SMILES string of the molecule is CC(C(=O)N1CCCCCC1)N1C2CCC1CC(O)C2. The van der Waals surface area contributed by atoms with Gasteiger partial charge in [0.05, 0.1) is 12.1 Å². The van der Waals surface area contributed by atoms with Crippen molar-refractivity contribution in [2.45, 2.75) is 82.5 Å². The third-order valence-corrected chi connectivity index (χ3v) is 5.49. The van der Waals surface area contributed by atoms with E-state index < -0.39 is 0 Å². The van der Waals surface area contributed by atoms with Gasteiger partial charge in [0.15, 0.2) is 0 Å². The molecule has 3 heterocycles. The third-order valence-electron chi connectivity index (χ3n) is 5.49. The minimum atomic E-state index is -0.149. The van der Waals surface area contributed by atoms with Crippen LogP contribution in [0.2, 0.25) is 0 Å². The predicted molar refractivity (Wildman–Crippen MR) is 78.4 cm³/mol. The Kier molecular flexibility index (Phi) is 4.32. The van der Waals surface area contributed by atoms with Crippen molar-refractivity contribution in [3.63, 3.8) is 0 Å². The summed E-state index contributed by atoms with van der Waals surface area (Å²) >= 11 is 0. The Morgan fingerprint density at radius 2 is 1.60 bits per heavy atom.